The molecule has 2 N–H and O–H groups in total. The van der Waals surface area contributed by atoms with E-state index in [9.17, 15) is 0 Å². The Labute approximate surface area is 155 Å². The lowest BCUT2D eigenvalue weighted by Crippen LogP contribution is -2.44. The van der Waals surface area contributed by atoms with Crippen LogP contribution >= 0.6 is 0 Å². The van der Waals surface area contributed by atoms with Crippen LogP contribution in [0.1, 0.15) is 29.9 Å². The van der Waals surface area contributed by atoms with E-state index in [0.717, 1.165) is 31.7 Å². The molecule has 0 aliphatic carbocycles. The van der Waals surface area contributed by atoms with Crippen molar-refractivity contribution in [3.63, 3.8) is 0 Å². The van der Waals surface area contributed by atoms with Gasteiger partial charge in [-0.2, -0.15) is 0 Å². The van der Waals surface area contributed by atoms with E-state index in [1.807, 2.05) is 12.4 Å². The molecule has 3 heterocycles. The van der Waals surface area contributed by atoms with Gasteiger partial charge in [-0.1, -0.05) is 30.3 Å². The summed E-state index contributed by atoms with van der Waals surface area (Å²) in [5, 5.41) is 0. The molecule has 26 heavy (non-hydrogen) atoms. The van der Waals surface area contributed by atoms with Gasteiger partial charge in [0.25, 0.3) is 0 Å². The Morgan fingerprint density at radius 1 is 1.12 bits per heavy atom. The Balaban J connectivity index is 1.33. The van der Waals surface area contributed by atoms with Crippen LogP contribution in [0.15, 0.2) is 42.7 Å². The molecule has 2 aliphatic rings. The van der Waals surface area contributed by atoms with Crippen molar-refractivity contribution in [1.82, 2.24) is 25.7 Å². The van der Waals surface area contributed by atoms with Gasteiger partial charge in [-0.05, 0) is 37.4 Å². The highest BCUT2D eigenvalue weighted by atomic mass is 16.5. The van der Waals surface area contributed by atoms with Crippen LogP contribution in [0.2, 0.25) is 0 Å². The number of nitrogens with one attached hydrogen (secondary N) is 2. The minimum atomic E-state index is 0.430. The summed E-state index contributed by atoms with van der Waals surface area (Å²) in [4.78, 5) is 10.9. The van der Waals surface area contributed by atoms with Crippen molar-refractivity contribution < 1.29 is 4.74 Å². The molecule has 2 atom stereocenters. The molecule has 0 spiro atoms. The van der Waals surface area contributed by atoms with Crippen molar-refractivity contribution in [1.29, 1.82) is 0 Å². The fraction of sp³-hybridized carbons (Fsp3) is 0.500. The van der Waals surface area contributed by atoms with Gasteiger partial charge in [-0.3, -0.25) is 15.8 Å². The van der Waals surface area contributed by atoms with Crippen molar-refractivity contribution in [2.24, 2.45) is 5.92 Å². The van der Waals surface area contributed by atoms with E-state index < -0.39 is 0 Å². The predicted octanol–water partition coefficient (Wildman–Crippen LogP) is 1.96. The number of aromatic nitrogens is 2. The van der Waals surface area contributed by atoms with Gasteiger partial charge < -0.3 is 4.74 Å². The average molecular weight is 353 g/mol. The fourth-order valence-electron chi connectivity index (χ4n) is 4.24. The first-order valence-corrected chi connectivity index (χ1v) is 9.44. The number of piperidine rings is 1. The van der Waals surface area contributed by atoms with Crippen LogP contribution in [-0.4, -0.2) is 47.7 Å². The van der Waals surface area contributed by atoms with Crippen molar-refractivity contribution >= 4 is 0 Å². The summed E-state index contributed by atoms with van der Waals surface area (Å²) < 4.78 is 5.03. The maximum absolute atomic E-state index is 5.03. The van der Waals surface area contributed by atoms with Crippen LogP contribution in [-0.2, 0) is 6.54 Å². The molecule has 1 aromatic carbocycles. The van der Waals surface area contributed by atoms with Gasteiger partial charge in [-0.15, -0.1) is 0 Å². The molecule has 0 bridgehead atoms. The first-order chi connectivity index (χ1) is 12.8. The molecule has 2 fully saturated rings. The van der Waals surface area contributed by atoms with E-state index >= 15 is 0 Å². The van der Waals surface area contributed by atoms with E-state index in [4.69, 9.17) is 4.74 Å². The quantitative estimate of drug-likeness (QED) is 0.857. The molecule has 2 aromatic rings. The number of nitrogens with zero attached hydrogens (tertiary/aromatic N) is 3. The number of hydrogen-bond donors (Lipinski definition) is 2. The first kappa shape index (κ1) is 17.4. The summed E-state index contributed by atoms with van der Waals surface area (Å²) in [7, 11) is 1.59. The first-order valence-electron chi connectivity index (χ1n) is 9.44. The highest BCUT2D eigenvalue weighted by Crippen LogP contribution is 2.32. The standard InChI is InChI=1S/C20H27N5O/c1-26-20-21-11-15(12-22-20)14-25-9-7-17(8-10-25)19-18(13-23-24-19)16-5-3-2-4-6-16/h2-6,11-12,17-19,23-24H,7-10,13-14H2,1H3. The monoisotopic (exact) mass is 353 g/mol. The molecule has 4 rings (SSSR count). The molecule has 2 saturated heterocycles. The molecule has 0 saturated carbocycles. The number of benzene rings is 1. The van der Waals surface area contributed by atoms with E-state index in [-0.39, 0.29) is 0 Å². The largest absolute Gasteiger partial charge is 0.467 e. The molecule has 2 aliphatic heterocycles. The molecule has 138 valence electrons. The van der Waals surface area contributed by atoms with E-state index in [2.05, 4.69) is 56.1 Å². The van der Waals surface area contributed by atoms with Gasteiger partial charge in [0.1, 0.15) is 0 Å². The van der Waals surface area contributed by atoms with Crippen molar-refractivity contribution in [3.8, 4) is 6.01 Å². The summed E-state index contributed by atoms with van der Waals surface area (Å²) >= 11 is 0. The number of hydrogen-bond acceptors (Lipinski definition) is 6. The number of methoxy groups -OCH3 is 1. The summed E-state index contributed by atoms with van der Waals surface area (Å²) in [5.41, 5.74) is 9.52. The Bertz CT molecular complexity index is 685. The predicted molar refractivity (Wildman–Crippen MR) is 101 cm³/mol. The van der Waals surface area contributed by atoms with Crippen LogP contribution < -0.4 is 15.6 Å². The smallest absolute Gasteiger partial charge is 0.316 e. The van der Waals surface area contributed by atoms with Gasteiger partial charge >= 0.3 is 6.01 Å². The minimum absolute atomic E-state index is 0.430. The zero-order valence-electron chi connectivity index (χ0n) is 15.3. The third-order valence-electron chi connectivity index (χ3n) is 5.66. The second kappa shape index (κ2) is 8.12. The van der Waals surface area contributed by atoms with E-state index in [1.165, 1.54) is 18.4 Å². The summed E-state index contributed by atoms with van der Waals surface area (Å²) in [6, 6.07) is 11.8. The van der Waals surface area contributed by atoms with E-state index in [1.54, 1.807) is 7.11 Å². The highest BCUT2D eigenvalue weighted by molar-refractivity contribution is 5.23. The lowest BCUT2D eigenvalue weighted by atomic mass is 9.80. The van der Waals surface area contributed by atoms with E-state index in [0.29, 0.717) is 23.9 Å². The van der Waals surface area contributed by atoms with Crippen LogP contribution in [0.5, 0.6) is 6.01 Å². The topological polar surface area (TPSA) is 62.3 Å². The lowest BCUT2D eigenvalue weighted by molar-refractivity contribution is 0.151. The van der Waals surface area contributed by atoms with Gasteiger partial charge in [0.2, 0.25) is 0 Å². The third-order valence-corrected chi connectivity index (χ3v) is 5.66. The number of likely N-dealkylation sites (tertiary alicyclic amines) is 1. The lowest BCUT2D eigenvalue weighted by Gasteiger charge is -2.36. The van der Waals surface area contributed by atoms with Gasteiger partial charge in [0.15, 0.2) is 0 Å². The average Bonchev–Trinajstić information content (AvgIpc) is 3.20. The molecule has 0 amide bonds. The summed E-state index contributed by atoms with van der Waals surface area (Å²) in [6.45, 7) is 4.17. The molecular weight excluding hydrogens is 326 g/mol. The SMILES string of the molecule is COc1ncc(CN2CCC(C3NNCC3c3ccccc3)CC2)cn1. The summed E-state index contributed by atoms with van der Waals surface area (Å²) in [6.07, 6.45) is 6.18. The van der Waals surface area contributed by atoms with Crippen molar-refractivity contribution in [2.45, 2.75) is 31.3 Å². The van der Waals surface area contributed by atoms with Crippen LogP contribution in [0.3, 0.4) is 0 Å². The zero-order chi connectivity index (χ0) is 17.8. The van der Waals surface area contributed by atoms with Gasteiger partial charge in [0, 0.05) is 43.0 Å². The number of ether oxygens (including phenoxy) is 1. The molecule has 2 unspecified atom stereocenters. The Morgan fingerprint density at radius 2 is 1.85 bits per heavy atom. The minimum Gasteiger partial charge on any atom is -0.467 e. The maximum Gasteiger partial charge on any atom is 0.316 e. The molecule has 6 heteroatoms. The molecule has 1 aromatic heterocycles. The van der Waals surface area contributed by atoms with Crippen molar-refractivity contribution in [3.05, 3.63) is 53.9 Å². The fourth-order valence-corrected chi connectivity index (χ4v) is 4.24. The maximum atomic E-state index is 5.03. The second-order valence-electron chi connectivity index (χ2n) is 7.26. The third kappa shape index (κ3) is 3.87. The Kier molecular flexibility index (Phi) is 5.43. The Morgan fingerprint density at radius 3 is 2.54 bits per heavy atom. The normalized spacial score (nSPS) is 24.7. The van der Waals surface area contributed by atoms with Gasteiger partial charge in [-0.25, -0.2) is 9.97 Å². The van der Waals surface area contributed by atoms with Crippen LogP contribution in [0.4, 0.5) is 0 Å². The molecule has 6 nitrogen and oxygen atoms in total. The Hall–Kier alpha value is -2.02. The number of hydrazine groups is 1. The zero-order valence-corrected chi connectivity index (χ0v) is 15.3. The van der Waals surface area contributed by atoms with Crippen LogP contribution in [0, 0.1) is 5.92 Å². The van der Waals surface area contributed by atoms with Crippen LogP contribution in [0.25, 0.3) is 0 Å². The second-order valence-corrected chi connectivity index (χ2v) is 7.26. The highest BCUT2D eigenvalue weighted by Gasteiger charge is 2.36. The molecule has 0 radical (unpaired) electrons. The molecular formula is C20H27N5O. The van der Waals surface area contributed by atoms with Crippen molar-refractivity contribution in [2.75, 3.05) is 26.7 Å². The number of rotatable bonds is 5. The summed E-state index contributed by atoms with van der Waals surface area (Å²) in [5.74, 6) is 1.27. The van der Waals surface area contributed by atoms with Gasteiger partial charge in [0.05, 0.1) is 7.11 Å².